The second kappa shape index (κ2) is 6.12. The summed E-state index contributed by atoms with van der Waals surface area (Å²) in [6.45, 7) is 1.90. The lowest BCUT2D eigenvalue weighted by atomic mass is 10.1. The van der Waals surface area contributed by atoms with Gasteiger partial charge in [0.05, 0.1) is 5.56 Å². The molecule has 25 heavy (non-hydrogen) atoms. The van der Waals surface area contributed by atoms with Crippen LogP contribution in [0.25, 0.3) is 17.4 Å². The number of hydrogen-bond acceptors (Lipinski definition) is 3. The van der Waals surface area contributed by atoms with Gasteiger partial charge in [-0.3, -0.25) is 9.69 Å². The van der Waals surface area contributed by atoms with Crippen LogP contribution in [-0.4, -0.2) is 23.4 Å². The van der Waals surface area contributed by atoms with Gasteiger partial charge in [0.1, 0.15) is 17.2 Å². The average Bonchev–Trinajstić information content (AvgIpc) is 3.12. The van der Waals surface area contributed by atoms with E-state index < -0.39 is 23.7 Å². The van der Waals surface area contributed by atoms with Gasteiger partial charge in [-0.15, -0.1) is 0 Å². The number of urea groups is 1. The van der Waals surface area contributed by atoms with Crippen molar-refractivity contribution in [2.24, 2.45) is 0 Å². The SMILES string of the molecule is CCN1C(=O)N/C(=C/c2ccc(-c3cccc(C(F)(F)F)c3)o2)C1=O. The van der Waals surface area contributed by atoms with Gasteiger partial charge in [-0.05, 0) is 31.2 Å². The van der Waals surface area contributed by atoms with Crippen LogP contribution >= 0.6 is 0 Å². The van der Waals surface area contributed by atoms with Crippen molar-refractivity contribution in [3.63, 3.8) is 0 Å². The topological polar surface area (TPSA) is 62.6 Å². The maximum absolute atomic E-state index is 12.8. The highest BCUT2D eigenvalue weighted by molar-refractivity contribution is 6.13. The molecular formula is C17H13F3N2O3. The first-order valence-corrected chi connectivity index (χ1v) is 7.41. The molecule has 0 atom stereocenters. The van der Waals surface area contributed by atoms with E-state index in [-0.39, 0.29) is 29.3 Å². The standard InChI is InChI=1S/C17H13F3N2O3/c1-2-22-15(23)13(21-16(22)24)9-12-6-7-14(25-12)10-4-3-5-11(8-10)17(18,19)20/h3-9H,2H2,1H3,(H,21,24)/b13-9+. The van der Waals surface area contributed by atoms with Gasteiger partial charge in [0, 0.05) is 18.2 Å². The highest BCUT2D eigenvalue weighted by Crippen LogP contribution is 2.32. The van der Waals surface area contributed by atoms with E-state index in [1.54, 1.807) is 6.92 Å². The van der Waals surface area contributed by atoms with E-state index in [4.69, 9.17) is 4.42 Å². The van der Waals surface area contributed by atoms with E-state index in [0.717, 1.165) is 17.0 Å². The minimum absolute atomic E-state index is 0.0526. The van der Waals surface area contributed by atoms with Crippen molar-refractivity contribution in [3.05, 3.63) is 53.4 Å². The Kier molecular flexibility index (Phi) is 4.12. The number of rotatable bonds is 3. The molecule has 2 aromatic rings. The maximum Gasteiger partial charge on any atom is 0.416 e. The van der Waals surface area contributed by atoms with Crippen molar-refractivity contribution in [2.75, 3.05) is 6.54 Å². The molecule has 1 aliphatic rings. The monoisotopic (exact) mass is 350 g/mol. The average molecular weight is 350 g/mol. The zero-order valence-corrected chi connectivity index (χ0v) is 13.1. The van der Waals surface area contributed by atoms with Crippen LogP contribution in [0.15, 0.2) is 46.5 Å². The summed E-state index contributed by atoms with van der Waals surface area (Å²) in [4.78, 5) is 24.6. The molecule has 0 bridgehead atoms. The second-order valence-electron chi connectivity index (χ2n) is 5.32. The smallest absolute Gasteiger partial charge is 0.416 e. The van der Waals surface area contributed by atoms with Crippen LogP contribution in [-0.2, 0) is 11.0 Å². The molecule has 3 amide bonds. The largest absolute Gasteiger partial charge is 0.457 e. The van der Waals surface area contributed by atoms with Gasteiger partial charge in [-0.25, -0.2) is 4.79 Å². The Morgan fingerprint density at radius 3 is 2.60 bits per heavy atom. The van der Waals surface area contributed by atoms with Gasteiger partial charge in [0.2, 0.25) is 0 Å². The Balaban J connectivity index is 1.88. The Morgan fingerprint density at radius 2 is 1.96 bits per heavy atom. The minimum atomic E-state index is -4.45. The number of nitrogens with one attached hydrogen (secondary N) is 1. The van der Waals surface area contributed by atoms with Crippen LogP contribution in [0.1, 0.15) is 18.2 Å². The maximum atomic E-state index is 12.8. The fourth-order valence-corrected chi connectivity index (χ4v) is 2.44. The van der Waals surface area contributed by atoms with Gasteiger partial charge in [-0.1, -0.05) is 12.1 Å². The van der Waals surface area contributed by atoms with E-state index in [0.29, 0.717) is 0 Å². The number of benzene rings is 1. The van der Waals surface area contributed by atoms with Gasteiger partial charge in [0.25, 0.3) is 5.91 Å². The Labute approximate surface area is 140 Å². The van der Waals surface area contributed by atoms with Crippen LogP contribution in [0.2, 0.25) is 0 Å². The molecule has 1 N–H and O–H groups in total. The third-order valence-electron chi connectivity index (χ3n) is 3.67. The number of likely N-dealkylation sites (N-methyl/N-ethyl adjacent to an activating group) is 1. The van der Waals surface area contributed by atoms with E-state index in [1.807, 2.05) is 0 Å². The molecule has 130 valence electrons. The molecular weight excluding hydrogens is 337 g/mol. The van der Waals surface area contributed by atoms with Crippen molar-refractivity contribution in [2.45, 2.75) is 13.1 Å². The summed E-state index contributed by atoms with van der Waals surface area (Å²) in [5.41, 5.74) is -0.466. The van der Waals surface area contributed by atoms with Crippen LogP contribution in [0, 0.1) is 0 Å². The molecule has 0 unspecified atom stereocenters. The second-order valence-corrected chi connectivity index (χ2v) is 5.32. The first-order valence-electron chi connectivity index (χ1n) is 7.41. The fraction of sp³-hybridized carbons (Fsp3) is 0.176. The number of carbonyl (C=O) groups is 2. The summed E-state index contributed by atoms with van der Waals surface area (Å²) < 4.78 is 43.8. The molecule has 1 saturated heterocycles. The normalized spacial score (nSPS) is 16.6. The molecule has 0 radical (unpaired) electrons. The number of amides is 3. The summed E-state index contributed by atoms with van der Waals surface area (Å²) in [7, 11) is 0. The zero-order chi connectivity index (χ0) is 18.2. The number of alkyl halides is 3. The van der Waals surface area contributed by atoms with Crippen LogP contribution in [0.4, 0.5) is 18.0 Å². The molecule has 5 nitrogen and oxygen atoms in total. The first-order chi connectivity index (χ1) is 11.8. The predicted molar refractivity (Wildman–Crippen MR) is 83.0 cm³/mol. The predicted octanol–water partition coefficient (Wildman–Crippen LogP) is 3.88. The minimum Gasteiger partial charge on any atom is -0.457 e. The highest BCUT2D eigenvalue weighted by Gasteiger charge is 2.32. The molecule has 0 aliphatic carbocycles. The summed E-state index contributed by atoms with van der Waals surface area (Å²) in [5, 5.41) is 2.42. The van der Waals surface area contributed by atoms with Crippen molar-refractivity contribution in [3.8, 4) is 11.3 Å². The first kappa shape index (κ1) is 16.8. The molecule has 8 heteroatoms. The molecule has 0 spiro atoms. The van der Waals surface area contributed by atoms with E-state index in [2.05, 4.69) is 5.32 Å². The molecule has 3 rings (SSSR count). The summed E-state index contributed by atoms with van der Waals surface area (Å²) in [5.74, 6) is -0.0133. The van der Waals surface area contributed by atoms with Gasteiger partial charge >= 0.3 is 12.2 Å². The van der Waals surface area contributed by atoms with Crippen molar-refractivity contribution in [1.29, 1.82) is 0 Å². The lowest BCUT2D eigenvalue weighted by Crippen LogP contribution is -2.30. The lowest BCUT2D eigenvalue weighted by molar-refractivity contribution is -0.137. The number of nitrogens with zero attached hydrogens (tertiary/aromatic N) is 1. The van der Waals surface area contributed by atoms with E-state index in [9.17, 15) is 22.8 Å². The summed E-state index contributed by atoms with van der Waals surface area (Å²) >= 11 is 0. The zero-order valence-electron chi connectivity index (χ0n) is 13.1. The van der Waals surface area contributed by atoms with Crippen molar-refractivity contribution >= 4 is 18.0 Å². The van der Waals surface area contributed by atoms with Crippen LogP contribution in [0.5, 0.6) is 0 Å². The third-order valence-corrected chi connectivity index (χ3v) is 3.67. The Hall–Kier alpha value is -3.03. The van der Waals surface area contributed by atoms with Gasteiger partial charge in [0.15, 0.2) is 0 Å². The number of halogens is 3. The fourth-order valence-electron chi connectivity index (χ4n) is 2.44. The van der Waals surface area contributed by atoms with Crippen LogP contribution in [0.3, 0.4) is 0 Å². The molecule has 0 saturated carbocycles. The lowest BCUT2D eigenvalue weighted by Gasteiger charge is -2.07. The Morgan fingerprint density at radius 1 is 1.20 bits per heavy atom. The molecule has 2 heterocycles. The number of imide groups is 1. The van der Waals surface area contributed by atoms with Crippen molar-refractivity contribution in [1.82, 2.24) is 10.2 Å². The molecule has 1 aromatic carbocycles. The van der Waals surface area contributed by atoms with E-state index in [1.165, 1.54) is 30.3 Å². The number of furan rings is 1. The quantitative estimate of drug-likeness (QED) is 0.675. The molecule has 1 aliphatic heterocycles. The number of hydrogen-bond donors (Lipinski definition) is 1. The third kappa shape index (κ3) is 3.28. The Bertz CT molecular complexity index is 868. The summed E-state index contributed by atoms with van der Waals surface area (Å²) in [6, 6.07) is 7.23. The van der Waals surface area contributed by atoms with E-state index >= 15 is 0 Å². The van der Waals surface area contributed by atoms with Crippen LogP contribution < -0.4 is 5.32 Å². The summed E-state index contributed by atoms with van der Waals surface area (Å²) in [6.07, 6.45) is -3.11. The number of carbonyl (C=O) groups excluding carboxylic acids is 2. The van der Waals surface area contributed by atoms with Gasteiger partial charge < -0.3 is 9.73 Å². The molecule has 1 aromatic heterocycles. The molecule has 1 fully saturated rings. The van der Waals surface area contributed by atoms with Crippen molar-refractivity contribution < 1.29 is 27.2 Å². The van der Waals surface area contributed by atoms with Gasteiger partial charge in [-0.2, -0.15) is 13.2 Å². The highest BCUT2D eigenvalue weighted by atomic mass is 19.4.